The molecule has 1 fully saturated rings. The average Bonchev–Trinajstić information content (AvgIpc) is 3.31. The molecule has 5 aromatic carbocycles. The van der Waals surface area contributed by atoms with Crippen molar-refractivity contribution in [3.63, 3.8) is 0 Å². The van der Waals surface area contributed by atoms with Crippen LogP contribution in [0.4, 0.5) is 0 Å². The van der Waals surface area contributed by atoms with Crippen molar-refractivity contribution in [3.8, 4) is 11.5 Å². The molecular formula is C33H30O3. The van der Waals surface area contributed by atoms with Crippen LogP contribution >= 0.6 is 0 Å². The quantitative estimate of drug-likeness (QED) is 0.234. The molecular weight excluding hydrogens is 444 g/mol. The van der Waals surface area contributed by atoms with Crippen molar-refractivity contribution < 1.29 is 14.2 Å². The first-order valence-electron chi connectivity index (χ1n) is 12.6. The van der Waals surface area contributed by atoms with Crippen LogP contribution in [0.5, 0.6) is 11.5 Å². The Morgan fingerprint density at radius 3 is 2.03 bits per heavy atom. The van der Waals surface area contributed by atoms with Gasteiger partial charge in [-0.3, -0.25) is 0 Å². The maximum Gasteiger partial charge on any atom is 0.131 e. The largest absolute Gasteiger partial charge is 0.491 e. The van der Waals surface area contributed by atoms with Crippen LogP contribution in [0.15, 0.2) is 103 Å². The second kappa shape index (κ2) is 9.67. The number of ether oxygens (including phenoxy) is 3. The fraction of sp³-hybridized carbons (Fsp3) is 0.212. The van der Waals surface area contributed by atoms with Crippen LogP contribution < -0.4 is 9.47 Å². The SMILES string of the molecule is Cc1ccc(OC[C@H]2O[C@@H](c3cc4ccccc4c4ccccc34)C[C@@H]2Oc2ccc(C)cc2)cc1. The molecule has 3 heteroatoms. The first kappa shape index (κ1) is 22.6. The molecule has 0 spiro atoms. The smallest absolute Gasteiger partial charge is 0.131 e. The lowest BCUT2D eigenvalue weighted by molar-refractivity contribution is -0.0103. The van der Waals surface area contributed by atoms with Gasteiger partial charge in [0, 0.05) is 6.42 Å². The number of hydrogen-bond donors (Lipinski definition) is 0. The van der Waals surface area contributed by atoms with Gasteiger partial charge in [-0.1, -0.05) is 83.9 Å². The summed E-state index contributed by atoms with van der Waals surface area (Å²) in [6.45, 7) is 4.59. The zero-order chi connectivity index (χ0) is 24.5. The summed E-state index contributed by atoms with van der Waals surface area (Å²) in [5.41, 5.74) is 3.63. The summed E-state index contributed by atoms with van der Waals surface area (Å²) in [5.74, 6) is 1.71. The van der Waals surface area contributed by atoms with Crippen molar-refractivity contribution in [2.24, 2.45) is 0 Å². The first-order valence-corrected chi connectivity index (χ1v) is 12.6. The number of aryl methyl sites for hydroxylation is 2. The third-order valence-corrected chi connectivity index (χ3v) is 7.09. The summed E-state index contributed by atoms with van der Waals surface area (Å²) in [7, 11) is 0. The summed E-state index contributed by atoms with van der Waals surface area (Å²) >= 11 is 0. The van der Waals surface area contributed by atoms with Gasteiger partial charge in [-0.15, -0.1) is 0 Å². The fourth-order valence-corrected chi connectivity index (χ4v) is 5.14. The molecule has 1 saturated heterocycles. The van der Waals surface area contributed by atoms with E-state index >= 15 is 0 Å². The number of benzene rings is 5. The normalized spacial score (nSPS) is 19.6. The monoisotopic (exact) mass is 474 g/mol. The summed E-state index contributed by atoms with van der Waals surface area (Å²) in [5, 5.41) is 4.98. The van der Waals surface area contributed by atoms with Crippen molar-refractivity contribution in [2.75, 3.05) is 6.61 Å². The van der Waals surface area contributed by atoms with Crippen LogP contribution in [0.3, 0.4) is 0 Å². The van der Waals surface area contributed by atoms with E-state index < -0.39 is 0 Å². The molecule has 0 N–H and O–H groups in total. The molecule has 0 aliphatic carbocycles. The van der Waals surface area contributed by atoms with Gasteiger partial charge in [0.2, 0.25) is 0 Å². The Labute approximate surface area is 212 Å². The molecule has 0 saturated carbocycles. The number of fused-ring (bicyclic) bond motifs is 3. The van der Waals surface area contributed by atoms with Gasteiger partial charge in [0.25, 0.3) is 0 Å². The Kier molecular flexibility index (Phi) is 6.08. The molecule has 0 unspecified atom stereocenters. The minimum Gasteiger partial charge on any atom is -0.491 e. The van der Waals surface area contributed by atoms with E-state index in [9.17, 15) is 0 Å². The minimum absolute atomic E-state index is 0.0819. The van der Waals surface area contributed by atoms with Crippen LogP contribution in [0, 0.1) is 13.8 Å². The predicted molar refractivity (Wildman–Crippen MR) is 146 cm³/mol. The summed E-state index contributed by atoms with van der Waals surface area (Å²) in [6.07, 6.45) is 0.371. The topological polar surface area (TPSA) is 27.7 Å². The van der Waals surface area contributed by atoms with Crippen LogP contribution in [-0.2, 0) is 4.74 Å². The highest BCUT2D eigenvalue weighted by Crippen LogP contribution is 2.41. The maximum atomic E-state index is 6.71. The molecule has 3 atom stereocenters. The van der Waals surface area contributed by atoms with Crippen LogP contribution in [-0.4, -0.2) is 18.8 Å². The average molecular weight is 475 g/mol. The molecule has 36 heavy (non-hydrogen) atoms. The lowest BCUT2D eigenvalue weighted by Gasteiger charge is -2.20. The summed E-state index contributed by atoms with van der Waals surface area (Å²) < 4.78 is 19.4. The van der Waals surface area contributed by atoms with E-state index in [4.69, 9.17) is 14.2 Å². The minimum atomic E-state index is -0.192. The van der Waals surface area contributed by atoms with Gasteiger partial charge in [0.15, 0.2) is 0 Å². The van der Waals surface area contributed by atoms with Crippen molar-refractivity contribution in [1.29, 1.82) is 0 Å². The van der Waals surface area contributed by atoms with Gasteiger partial charge in [0.1, 0.15) is 30.3 Å². The van der Waals surface area contributed by atoms with E-state index in [1.165, 1.54) is 38.2 Å². The van der Waals surface area contributed by atoms with Gasteiger partial charge in [-0.25, -0.2) is 0 Å². The van der Waals surface area contributed by atoms with E-state index in [-0.39, 0.29) is 18.3 Å². The highest BCUT2D eigenvalue weighted by atomic mass is 16.6. The van der Waals surface area contributed by atoms with Crippen molar-refractivity contribution >= 4 is 21.5 Å². The van der Waals surface area contributed by atoms with E-state index in [0.29, 0.717) is 6.61 Å². The number of rotatable bonds is 6. The van der Waals surface area contributed by atoms with E-state index in [1.807, 2.05) is 24.3 Å². The summed E-state index contributed by atoms with van der Waals surface area (Å²) in [6, 6.07) is 35.8. The molecule has 6 rings (SSSR count). The zero-order valence-corrected chi connectivity index (χ0v) is 20.7. The Morgan fingerprint density at radius 1 is 0.694 bits per heavy atom. The second-order valence-corrected chi connectivity index (χ2v) is 9.72. The van der Waals surface area contributed by atoms with E-state index in [2.05, 4.69) is 92.7 Å². The van der Waals surface area contributed by atoms with E-state index in [1.54, 1.807) is 0 Å². The summed E-state index contributed by atoms with van der Waals surface area (Å²) in [4.78, 5) is 0. The standard InChI is InChI=1S/C33H30O3/c1-22-11-15-25(16-12-22)34-21-33-32(35-26-17-13-23(2)14-18-26)20-31(36-33)30-19-24-7-3-4-8-27(24)28-9-5-6-10-29(28)30/h3-19,31-33H,20-21H2,1-2H3/t31-,32+,33-/m1/s1. The van der Waals surface area contributed by atoms with E-state index in [0.717, 1.165) is 17.9 Å². The van der Waals surface area contributed by atoms with Gasteiger partial charge < -0.3 is 14.2 Å². The van der Waals surface area contributed by atoms with Crippen molar-refractivity contribution in [1.82, 2.24) is 0 Å². The van der Waals surface area contributed by atoms with Crippen molar-refractivity contribution in [2.45, 2.75) is 38.6 Å². The third-order valence-electron chi connectivity index (χ3n) is 7.09. The molecule has 0 aromatic heterocycles. The molecule has 1 aliphatic heterocycles. The fourth-order valence-electron chi connectivity index (χ4n) is 5.14. The lowest BCUT2D eigenvalue weighted by Crippen LogP contribution is -2.32. The van der Waals surface area contributed by atoms with Crippen molar-refractivity contribution in [3.05, 3.63) is 120 Å². The molecule has 0 amide bonds. The Balaban J connectivity index is 1.33. The third kappa shape index (κ3) is 4.55. The Bertz CT molecular complexity index is 1490. The lowest BCUT2D eigenvalue weighted by atomic mass is 9.93. The van der Waals surface area contributed by atoms with Crippen LogP contribution in [0.2, 0.25) is 0 Å². The molecule has 1 heterocycles. The Hall–Kier alpha value is -3.82. The first-order chi connectivity index (χ1) is 17.6. The molecule has 1 aliphatic rings. The Morgan fingerprint density at radius 2 is 1.31 bits per heavy atom. The molecule has 0 radical (unpaired) electrons. The molecule has 3 nitrogen and oxygen atoms in total. The molecule has 5 aromatic rings. The molecule has 0 bridgehead atoms. The van der Waals surface area contributed by atoms with Gasteiger partial charge >= 0.3 is 0 Å². The van der Waals surface area contributed by atoms with Crippen LogP contribution in [0.1, 0.15) is 29.2 Å². The van der Waals surface area contributed by atoms with Gasteiger partial charge in [-0.05, 0) is 71.3 Å². The highest BCUT2D eigenvalue weighted by Gasteiger charge is 2.39. The van der Waals surface area contributed by atoms with Crippen LogP contribution in [0.25, 0.3) is 21.5 Å². The molecule has 180 valence electrons. The predicted octanol–water partition coefficient (Wildman–Crippen LogP) is 7.97. The number of hydrogen-bond acceptors (Lipinski definition) is 3. The zero-order valence-electron chi connectivity index (χ0n) is 20.7. The maximum absolute atomic E-state index is 6.71. The second-order valence-electron chi connectivity index (χ2n) is 9.72. The van der Waals surface area contributed by atoms with Gasteiger partial charge in [-0.2, -0.15) is 0 Å². The van der Waals surface area contributed by atoms with Gasteiger partial charge in [0.05, 0.1) is 6.10 Å². The highest BCUT2D eigenvalue weighted by molar-refractivity contribution is 6.09.